The Labute approximate surface area is 151 Å². The van der Waals surface area contributed by atoms with E-state index >= 15 is 0 Å². The van der Waals surface area contributed by atoms with Gasteiger partial charge in [-0.25, -0.2) is 0 Å². The Bertz CT molecular complexity index is 552. The van der Waals surface area contributed by atoms with E-state index in [4.69, 9.17) is 0 Å². The summed E-state index contributed by atoms with van der Waals surface area (Å²) in [5.41, 5.74) is 1.38. The fourth-order valence-electron chi connectivity index (χ4n) is 5.14. The van der Waals surface area contributed by atoms with Crippen molar-refractivity contribution < 1.29 is 4.79 Å². The Morgan fingerprint density at radius 1 is 1.12 bits per heavy atom. The van der Waals surface area contributed by atoms with Crippen LogP contribution in [0.2, 0.25) is 0 Å². The summed E-state index contributed by atoms with van der Waals surface area (Å²) in [5.74, 6) is 1.50. The molecule has 4 unspecified atom stereocenters. The zero-order valence-corrected chi connectivity index (χ0v) is 15.3. The lowest BCUT2D eigenvalue weighted by Crippen LogP contribution is -2.41. The van der Waals surface area contributed by atoms with Gasteiger partial charge >= 0.3 is 0 Å². The van der Waals surface area contributed by atoms with E-state index in [-0.39, 0.29) is 12.4 Å². The molecule has 1 amide bonds. The van der Waals surface area contributed by atoms with Crippen molar-refractivity contribution in [3.63, 3.8) is 0 Å². The zero-order chi connectivity index (χ0) is 15.8. The van der Waals surface area contributed by atoms with Crippen LogP contribution >= 0.6 is 12.4 Å². The van der Waals surface area contributed by atoms with Crippen molar-refractivity contribution >= 4 is 18.3 Å². The molecule has 0 radical (unpaired) electrons. The average molecular weight is 349 g/mol. The first-order chi connectivity index (χ1) is 11.2. The van der Waals surface area contributed by atoms with Crippen molar-refractivity contribution in [1.82, 2.24) is 10.2 Å². The number of carbonyl (C=O) groups is 1. The van der Waals surface area contributed by atoms with Crippen molar-refractivity contribution in [2.75, 3.05) is 6.54 Å². The number of halogens is 1. The molecule has 132 valence electrons. The normalized spacial score (nSPS) is 34.9. The lowest BCUT2D eigenvalue weighted by Gasteiger charge is -2.31. The Morgan fingerprint density at radius 3 is 2.46 bits per heavy atom. The van der Waals surface area contributed by atoms with Gasteiger partial charge in [-0.2, -0.15) is 0 Å². The summed E-state index contributed by atoms with van der Waals surface area (Å²) in [5, 5.41) is 3.68. The molecule has 0 aliphatic carbocycles. The Morgan fingerprint density at radius 2 is 1.79 bits per heavy atom. The van der Waals surface area contributed by atoms with Crippen LogP contribution in [-0.4, -0.2) is 35.5 Å². The maximum atomic E-state index is 12.8. The SMILES string of the molecule is CC1C(c2ccccc2)CCN1C(=O)CC1CC2CCC(C1)N2.Cl. The van der Waals surface area contributed by atoms with Crippen molar-refractivity contribution in [3.8, 4) is 0 Å². The van der Waals surface area contributed by atoms with Gasteiger partial charge < -0.3 is 10.2 Å². The van der Waals surface area contributed by atoms with Gasteiger partial charge in [-0.3, -0.25) is 4.79 Å². The minimum Gasteiger partial charge on any atom is -0.339 e. The molecule has 0 aromatic heterocycles. The van der Waals surface area contributed by atoms with Crippen LogP contribution in [0.1, 0.15) is 56.9 Å². The van der Waals surface area contributed by atoms with Gasteiger partial charge in [0.05, 0.1) is 0 Å². The fourth-order valence-corrected chi connectivity index (χ4v) is 5.14. The standard InChI is InChI=1S/C20H28N2O.ClH/c1-14-19(16-5-3-2-4-6-16)9-10-22(14)20(23)13-15-11-17-7-8-18(12-15)21-17;/h2-6,14-15,17-19,21H,7-13H2,1H3;1H. The lowest BCUT2D eigenvalue weighted by atomic mass is 9.89. The lowest BCUT2D eigenvalue weighted by molar-refractivity contribution is -0.133. The summed E-state index contributed by atoms with van der Waals surface area (Å²) >= 11 is 0. The van der Waals surface area contributed by atoms with E-state index in [0.29, 0.717) is 35.9 Å². The number of nitrogens with one attached hydrogen (secondary N) is 1. The number of benzene rings is 1. The van der Waals surface area contributed by atoms with Crippen LogP contribution in [0.4, 0.5) is 0 Å². The minimum atomic E-state index is 0. The van der Waals surface area contributed by atoms with Gasteiger partial charge in [0.1, 0.15) is 0 Å². The molecule has 3 fully saturated rings. The highest BCUT2D eigenvalue weighted by Crippen LogP contribution is 2.36. The van der Waals surface area contributed by atoms with Gasteiger partial charge in [-0.05, 0) is 50.5 Å². The molecule has 1 aromatic rings. The zero-order valence-electron chi connectivity index (χ0n) is 14.5. The van der Waals surface area contributed by atoms with Crippen LogP contribution in [-0.2, 0) is 4.79 Å². The third-order valence-corrected chi connectivity index (χ3v) is 6.34. The van der Waals surface area contributed by atoms with Gasteiger partial charge in [-0.15, -0.1) is 12.4 Å². The van der Waals surface area contributed by atoms with Gasteiger partial charge in [0.15, 0.2) is 0 Å². The molecule has 3 saturated heterocycles. The highest BCUT2D eigenvalue weighted by atomic mass is 35.5. The number of likely N-dealkylation sites (tertiary alicyclic amines) is 1. The second-order valence-corrected chi connectivity index (χ2v) is 7.81. The molecular weight excluding hydrogens is 320 g/mol. The van der Waals surface area contributed by atoms with Crippen LogP contribution in [0.5, 0.6) is 0 Å². The highest BCUT2D eigenvalue weighted by Gasteiger charge is 2.38. The molecule has 24 heavy (non-hydrogen) atoms. The third-order valence-electron chi connectivity index (χ3n) is 6.34. The fraction of sp³-hybridized carbons (Fsp3) is 0.650. The predicted octanol–water partition coefficient (Wildman–Crippen LogP) is 3.73. The molecule has 4 heteroatoms. The molecule has 3 aliphatic rings. The summed E-state index contributed by atoms with van der Waals surface area (Å²) < 4.78 is 0. The van der Waals surface area contributed by atoms with E-state index in [2.05, 4.69) is 47.5 Å². The van der Waals surface area contributed by atoms with Crippen molar-refractivity contribution in [2.24, 2.45) is 5.92 Å². The highest BCUT2D eigenvalue weighted by molar-refractivity contribution is 5.85. The number of rotatable bonds is 3. The Hall–Kier alpha value is -1.06. The van der Waals surface area contributed by atoms with E-state index in [0.717, 1.165) is 19.4 Å². The van der Waals surface area contributed by atoms with E-state index in [1.54, 1.807) is 0 Å². The second kappa shape index (κ2) is 7.45. The second-order valence-electron chi connectivity index (χ2n) is 7.81. The average Bonchev–Trinajstić information content (AvgIpc) is 3.10. The topological polar surface area (TPSA) is 32.3 Å². The summed E-state index contributed by atoms with van der Waals surface area (Å²) in [4.78, 5) is 15.0. The van der Waals surface area contributed by atoms with E-state index in [9.17, 15) is 4.79 Å². The van der Waals surface area contributed by atoms with Crippen LogP contribution in [0, 0.1) is 5.92 Å². The number of piperidine rings is 1. The van der Waals surface area contributed by atoms with E-state index in [1.165, 1.54) is 31.2 Å². The molecule has 0 spiro atoms. The van der Waals surface area contributed by atoms with Gasteiger partial charge in [0, 0.05) is 37.0 Å². The van der Waals surface area contributed by atoms with Gasteiger partial charge in [0.2, 0.25) is 5.91 Å². The molecule has 3 heterocycles. The number of hydrogen-bond donors (Lipinski definition) is 1. The van der Waals surface area contributed by atoms with Crippen molar-refractivity contribution in [3.05, 3.63) is 35.9 Å². The maximum absolute atomic E-state index is 12.8. The smallest absolute Gasteiger partial charge is 0.223 e. The van der Waals surface area contributed by atoms with Crippen LogP contribution in [0.25, 0.3) is 0 Å². The Kier molecular flexibility index (Phi) is 5.51. The quantitative estimate of drug-likeness (QED) is 0.902. The van der Waals surface area contributed by atoms with Gasteiger partial charge in [0.25, 0.3) is 0 Å². The number of amides is 1. The van der Waals surface area contributed by atoms with Crippen molar-refractivity contribution in [2.45, 2.75) is 69.5 Å². The predicted molar refractivity (Wildman–Crippen MR) is 99.5 cm³/mol. The summed E-state index contributed by atoms with van der Waals surface area (Å²) in [6, 6.07) is 12.4. The first-order valence-corrected chi connectivity index (χ1v) is 9.31. The number of fused-ring (bicyclic) bond motifs is 2. The Balaban J connectivity index is 0.00000169. The molecule has 1 aromatic carbocycles. The largest absolute Gasteiger partial charge is 0.339 e. The first kappa shape index (κ1) is 17.8. The molecule has 4 rings (SSSR count). The summed E-state index contributed by atoms with van der Waals surface area (Å²) in [6.07, 6.45) is 6.89. The van der Waals surface area contributed by atoms with Crippen LogP contribution in [0.15, 0.2) is 30.3 Å². The minimum absolute atomic E-state index is 0. The molecule has 1 N–H and O–H groups in total. The van der Waals surface area contributed by atoms with Crippen molar-refractivity contribution in [1.29, 1.82) is 0 Å². The molecule has 4 atom stereocenters. The number of carbonyl (C=O) groups excluding carboxylic acids is 1. The molecule has 3 aliphatic heterocycles. The number of nitrogens with zero attached hydrogens (tertiary/aromatic N) is 1. The van der Waals surface area contributed by atoms with Crippen LogP contribution in [0.3, 0.4) is 0 Å². The van der Waals surface area contributed by atoms with E-state index < -0.39 is 0 Å². The van der Waals surface area contributed by atoms with Crippen LogP contribution < -0.4 is 5.32 Å². The van der Waals surface area contributed by atoms with E-state index in [1.807, 2.05) is 0 Å². The molecular formula is C20H29ClN2O. The first-order valence-electron chi connectivity index (χ1n) is 9.31. The third kappa shape index (κ3) is 3.48. The number of hydrogen-bond acceptors (Lipinski definition) is 2. The maximum Gasteiger partial charge on any atom is 0.223 e. The molecule has 2 bridgehead atoms. The summed E-state index contributed by atoms with van der Waals surface area (Å²) in [7, 11) is 0. The summed E-state index contributed by atoms with van der Waals surface area (Å²) in [6.45, 7) is 3.16. The van der Waals surface area contributed by atoms with Gasteiger partial charge in [-0.1, -0.05) is 30.3 Å². The monoisotopic (exact) mass is 348 g/mol. The molecule has 3 nitrogen and oxygen atoms in total. The molecule has 0 saturated carbocycles.